The first-order valence-electron chi connectivity index (χ1n) is 11.8. The molecule has 5 nitrogen and oxygen atoms in total. The van der Waals surface area contributed by atoms with Crippen molar-refractivity contribution in [1.82, 2.24) is 0 Å². The van der Waals surface area contributed by atoms with Crippen LogP contribution in [0.2, 0.25) is 0 Å². The number of thioether (sulfide) groups is 2. The number of rotatable bonds is 5. The predicted octanol–water partition coefficient (Wildman–Crippen LogP) is 7.04. The summed E-state index contributed by atoms with van der Waals surface area (Å²) in [4.78, 5) is 16.6. The highest BCUT2D eigenvalue weighted by molar-refractivity contribution is 8.28. The van der Waals surface area contributed by atoms with Crippen molar-refractivity contribution in [1.29, 1.82) is 0 Å². The second kappa shape index (κ2) is 9.84. The van der Waals surface area contributed by atoms with Crippen LogP contribution in [0.5, 0.6) is 5.75 Å². The van der Waals surface area contributed by atoms with Crippen LogP contribution in [0.15, 0.2) is 125 Å². The Morgan fingerprint density at radius 3 is 1.97 bits per heavy atom. The lowest BCUT2D eigenvalue weighted by Crippen LogP contribution is -2.51. The van der Waals surface area contributed by atoms with Crippen molar-refractivity contribution in [2.45, 2.75) is 4.33 Å². The van der Waals surface area contributed by atoms with E-state index in [4.69, 9.17) is 9.84 Å². The molecule has 1 atom stereocenters. The highest BCUT2D eigenvalue weighted by atomic mass is 32.2. The molecule has 0 N–H and O–H groups in total. The van der Waals surface area contributed by atoms with Crippen molar-refractivity contribution in [3.05, 3.63) is 131 Å². The van der Waals surface area contributed by atoms with Crippen LogP contribution in [-0.4, -0.2) is 22.4 Å². The Bertz CT molecular complexity index is 1480. The first kappa shape index (κ1) is 23.5. The van der Waals surface area contributed by atoms with Gasteiger partial charge in [-0.2, -0.15) is 5.10 Å². The number of hydrogen-bond donors (Lipinski definition) is 0. The Balaban J connectivity index is 1.50. The largest absolute Gasteiger partial charge is 0.497 e. The van der Waals surface area contributed by atoms with Gasteiger partial charge in [-0.15, -0.1) is 0 Å². The fourth-order valence-corrected chi connectivity index (χ4v) is 7.29. The smallest absolute Gasteiger partial charge is 0.268 e. The van der Waals surface area contributed by atoms with Gasteiger partial charge in [-0.1, -0.05) is 90.6 Å². The summed E-state index contributed by atoms with van der Waals surface area (Å²) < 4.78 is 4.43. The fraction of sp³-hybridized carbons (Fsp3) is 0.0667. The van der Waals surface area contributed by atoms with Crippen LogP contribution in [0.4, 0.5) is 11.4 Å². The van der Waals surface area contributed by atoms with Crippen molar-refractivity contribution in [3.63, 3.8) is 0 Å². The quantitative estimate of drug-likeness (QED) is 0.264. The number of amides is 1. The normalized spacial score (nSPS) is 20.1. The Morgan fingerprint density at radius 2 is 1.35 bits per heavy atom. The van der Waals surface area contributed by atoms with Crippen LogP contribution < -0.4 is 14.6 Å². The van der Waals surface area contributed by atoms with Gasteiger partial charge in [0.2, 0.25) is 4.33 Å². The summed E-state index contributed by atoms with van der Waals surface area (Å²) in [5, 5.41) is 7.93. The molecule has 0 aliphatic carbocycles. The zero-order valence-electron chi connectivity index (χ0n) is 20.0. The fourth-order valence-electron chi connectivity index (χ4n) is 4.31. The van der Waals surface area contributed by atoms with Gasteiger partial charge >= 0.3 is 0 Å². The van der Waals surface area contributed by atoms with Crippen LogP contribution in [0.25, 0.3) is 6.08 Å². The summed E-state index contributed by atoms with van der Waals surface area (Å²) in [5.74, 6) is 0.711. The summed E-state index contributed by atoms with van der Waals surface area (Å²) in [6, 6.07) is 37.7. The summed E-state index contributed by atoms with van der Waals surface area (Å²) in [6.07, 6.45) is 1.95. The standard InChI is InChI=1S/C30H23N3O2S2/c1-35-26-19-17-22(18-20-26)21-27-29(34)32(24-13-7-3-8-14-24)30(36-27)33(25-15-9-4-10-16-25)31-28(37-30)23-11-5-2-6-12-23/h2-21H,1H3/b27-21+/t30-/m0/s1. The summed E-state index contributed by atoms with van der Waals surface area (Å²) in [5.41, 5.74) is 3.67. The number of benzene rings is 4. The summed E-state index contributed by atoms with van der Waals surface area (Å²) in [6.45, 7) is 0. The zero-order valence-corrected chi connectivity index (χ0v) is 21.7. The third kappa shape index (κ3) is 4.30. The van der Waals surface area contributed by atoms with Crippen LogP contribution in [0, 0.1) is 0 Å². The molecule has 2 aliphatic heterocycles. The van der Waals surface area contributed by atoms with Gasteiger partial charge in [0, 0.05) is 11.3 Å². The minimum atomic E-state index is -0.872. The number of nitrogens with zero attached hydrogens (tertiary/aromatic N) is 3. The number of carbonyl (C=O) groups is 1. The van der Waals surface area contributed by atoms with Crippen LogP contribution in [-0.2, 0) is 4.79 Å². The van der Waals surface area contributed by atoms with Gasteiger partial charge in [-0.3, -0.25) is 9.69 Å². The van der Waals surface area contributed by atoms with Crippen molar-refractivity contribution < 1.29 is 9.53 Å². The highest BCUT2D eigenvalue weighted by Gasteiger charge is 2.59. The topological polar surface area (TPSA) is 45.1 Å². The lowest BCUT2D eigenvalue weighted by Gasteiger charge is -2.38. The molecular formula is C30H23N3O2S2. The molecule has 6 rings (SSSR count). The Kier molecular flexibility index (Phi) is 6.24. The number of ether oxygens (including phenoxy) is 1. The molecule has 0 radical (unpaired) electrons. The van der Waals surface area contributed by atoms with E-state index in [0.717, 1.165) is 33.3 Å². The average molecular weight is 522 g/mol. The molecule has 1 spiro atoms. The molecule has 1 amide bonds. The first-order valence-corrected chi connectivity index (χ1v) is 13.4. The van der Waals surface area contributed by atoms with Gasteiger partial charge in [-0.25, -0.2) is 5.01 Å². The molecule has 37 heavy (non-hydrogen) atoms. The Morgan fingerprint density at radius 1 is 0.757 bits per heavy atom. The zero-order chi connectivity index (χ0) is 25.2. The van der Waals surface area contributed by atoms with E-state index < -0.39 is 4.33 Å². The van der Waals surface area contributed by atoms with E-state index in [1.807, 2.05) is 119 Å². The lowest BCUT2D eigenvalue weighted by molar-refractivity contribution is -0.114. The molecule has 2 heterocycles. The number of para-hydroxylation sites is 2. The molecule has 0 saturated carbocycles. The molecule has 182 valence electrons. The van der Waals surface area contributed by atoms with Crippen molar-refractivity contribution >= 4 is 51.9 Å². The van der Waals surface area contributed by atoms with Crippen LogP contribution in [0.3, 0.4) is 0 Å². The van der Waals surface area contributed by atoms with E-state index in [0.29, 0.717) is 4.91 Å². The highest BCUT2D eigenvalue weighted by Crippen LogP contribution is 2.59. The number of methoxy groups -OCH3 is 1. The molecule has 1 fully saturated rings. The third-order valence-electron chi connectivity index (χ3n) is 6.08. The molecule has 1 saturated heterocycles. The van der Waals surface area contributed by atoms with Gasteiger partial charge in [0.05, 0.1) is 17.7 Å². The van der Waals surface area contributed by atoms with Crippen LogP contribution in [0.1, 0.15) is 11.1 Å². The van der Waals surface area contributed by atoms with E-state index in [2.05, 4.69) is 12.1 Å². The molecule has 0 unspecified atom stereocenters. The molecule has 2 aliphatic rings. The Labute approximate surface area is 224 Å². The van der Waals surface area contributed by atoms with Crippen molar-refractivity contribution in [2.24, 2.45) is 5.10 Å². The van der Waals surface area contributed by atoms with Crippen molar-refractivity contribution in [2.75, 3.05) is 17.0 Å². The number of anilines is 2. The van der Waals surface area contributed by atoms with Gasteiger partial charge < -0.3 is 4.74 Å². The lowest BCUT2D eigenvalue weighted by atomic mass is 10.2. The molecule has 0 aromatic heterocycles. The van der Waals surface area contributed by atoms with Gasteiger partial charge in [0.1, 0.15) is 10.8 Å². The van der Waals surface area contributed by atoms with Crippen LogP contribution >= 0.6 is 23.5 Å². The third-order valence-corrected chi connectivity index (χ3v) is 8.84. The van der Waals surface area contributed by atoms with Gasteiger partial charge in [-0.05, 0) is 59.8 Å². The number of hydrazone groups is 1. The molecule has 4 aromatic carbocycles. The maximum absolute atomic E-state index is 14.1. The predicted molar refractivity (Wildman–Crippen MR) is 155 cm³/mol. The second-order valence-corrected chi connectivity index (χ2v) is 11.1. The first-order chi connectivity index (χ1) is 18.2. The SMILES string of the molecule is COc1ccc(/C=C2/S[C@]3(SC(c4ccccc4)=NN3c3ccccc3)N(c3ccccc3)C2=O)cc1. The second-order valence-electron chi connectivity index (χ2n) is 8.43. The van der Waals surface area contributed by atoms with Gasteiger partial charge in [0.15, 0.2) is 0 Å². The monoisotopic (exact) mass is 521 g/mol. The summed E-state index contributed by atoms with van der Waals surface area (Å²) in [7, 11) is 1.64. The summed E-state index contributed by atoms with van der Waals surface area (Å²) >= 11 is 3.11. The molecule has 0 bridgehead atoms. The van der Waals surface area contributed by atoms with E-state index >= 15 is 0 Å². The van der Waals surface area contributed by atoms with Crippen molar-refractivity contribution in [3.8, 4) is 5.75 Å². The maximum atomic E-state index is 14.1. The Hall–Kier alpha value is -3.94. The minimum Gasteiger partial charge on any atom is -0.497 e. The van der Waals surface area contributed by atoms with E-state index in [9.17, 15) is 4.79 Å². The minimum absolute atomic E-state index is 0.0649. The maximum Gasteiger partial charge on any atom is 0.268 e. The number of carbonyl (C=O) groups excluding carboxylic acids is 1. The number of hydrogen-bond acceptors (Lipinski definition) is 6. The molecular weight excluding hydrogens is 498 g/mol. The van der Waals surface area contributed by atoms with E-state index in [-0.39, 0.29) is 5.91 Å². The molecule has 4 aromatic rings. The molecule has 7 heteroatoms. The average Bonchev–Trinajstić information content (AvgIpc) is 3.47. The van der Waals surface area contributed by atoms with E-state index in [1.54, 1.807) is 18.9 Å². The van der Waals surface area contributed by atoms with Gasteiger partial charge in [0.25, 0.3) is 5.91 Å². The van der Waals surface area contributed by atoms with E-state index in [1.165, 1.54) is 11.8 Å².